The lowest BCUT2D eigenvalue weighted by Crippen LogP contribution is -2.47. The van der Waals surface area contributed by atoms with Crippen LogP contribution < -0.4 is 0 Å². The van der Waals surface area contributed by atoms with Gasteiger partial charge in [-0.15, -0.1) is 0 Å². The summed E-state index contributed by atoms with van der Waals surface area (Å²) in [5.74, 6) is 0. The average molecular weight is 305 g/mol. The molecule has 1 unspecified atom stereocenters. The van der Waals surface area contributed by atoms with Crippen molar-refractivity contribution in [1.82, 2.24) is 4.90 Å². The molecule has 21 heavy (non-hydrogen) atoms. The summed E-state index contributed by atoms with van der Waals surface area (Å²) >= 11 is 0. The second-order valence-corrected chi connectivity index (χ2v) is 5.66. The summed E-state index contributed by atoms with van der Waals surface area (Å²) in [5.41, 5.74) is -2.13. The molecule has 1 rings (SSSR count). The third-order valence-corrected chi connectivity index (χ3v) is 3.02. The number of rotatable bonds is 3. The van der Waals surface area contributed by atoms with Gasteiger partial charge in [0, 0.05) is 5.54 Å². The predicted molar refractivity (Wildman–Crippen MR) is 70.9 cm³/mol. The molecule has 0 saturated heterocycles. The van der Waals surface area contributed by atoms with Crippen LogP contribution in [0, 0.1) is 0 Å². The van der Waals surface area contributed by atoms with Crippen LogP contribution in [-0.2, 0) is 6.18 Å². The maximum Gasteiger partial charge on any atom is 0.416 e. The van der Waals surface area contributed by atoms with E-state index in [-0.39, 0.29) is 5.56 Å². The molecule has 0 heterocycles. The van der Waals surface area contributed by atoms with Crippen molar-refractivity contribution in [2.45, 2.75) is 38.6 Å². The van der Waals surface area contributed by atoms with Crippen molar-refractivity contribution in [2.75, 3.05) is 6.54 Å². The molecule has 2 N–H and O–H groups in total. The van der Waals surface area contributed by atoms with Crippen LogP contribution >= 0.6 is 0 Å². The standard InChI is InChI=1S/C14H18F3NO3/c1-13(2,3)18(12(20)21)8-11(19)9-6-4-5-7-10(9)14(15,16)17/h4-7,11,19H,8H2,1-3H3,(H,20,21). The SMILES string of the molecule is CC(C)(C)N(CC(O)c1ccccc1C(F)(F)F)C(=O)O. The van der Waals surface area contributed by atoms with Gasteiger partial charge < -0.3 is 15.1 Å². The van der Waals surface area contributed by atoms with Crippen LogP contribution in [0.2, 0.25) is 0 Å². The molecule has 1 amide bonds. The minimum absolute atomic E-state index is 0.333. The van der Waals surface area contributed by atoms with Crippen LogP contribution in [0.15, 0.2) is 24.3 Å². The molecule has 0 aliphatic carbocycles. The largest absolute Gasteiger partial charge is 0.465 e. The van der Waals surface area contributed by atoms with Crippen molar-refractivity contribution in [3.8, 4) is 0 Å². The molecular formula is C14H18F3NO3. The Labute approximate surface area is 120 Å². The first kappa shape index (κ1) is 17.3. The molecule has 0 aromatic heterocycles. The molecular weight excluding hydrogens is 287 g/mol. The van der Waals surface area contributed by atoms with Gasteiger partial charge in [0.05, 0.1) is 18.2 Å². The molecule has 7 heteroatoms. The summed E-state index contributed by atoms with van der Waals surface area (Å²) in [4.78, 5) is 12.1. The van der Waals surface area contributed by atoms with Crippen LogP contribution in [0.3, 0.4) is 0 Å². The Morgan fingerprint density at radius 3 is 2.19 bits per heavy atom. The molecule has 0 aliphatic rings. The number of carbonyl (C=O) groups is 1. The molecule has 118 valence electrons. The van der Waals surface area contributed by atoms with E-state index in [9.17, 15) is 23.1 Å². The molecule has 0 aliphatic heterocycles. The summed E-state index contributed by atoms with van der Waals surface area (Å²) in [7, 11) is 0. The molecule has 0 spiro atoms. The van der Waals surface area contributed by atoms with Crippen LogP contribution in [0.1, 0.15) is 38.0 Å². The van der Waals surface area contributed by atoms with Crippen molar-refractivity contribution in [1.29, 1.82) is 0 Å². The minimum atomic E-state index is -4.60. The van der Waals surface area contributed by atoms with Crippen LogP contribution in [0.4, 0.5) is 18.0 Å². The van der Waals surface area contributed by atoms with Crippen molar-refractivity contribution < 1.29 is 28.2 Å². The molecule has 1 aromatic carbocycles. The van der Waals surface area contributed by atoms with E-state index in [1.165, 1.54) is 12.1 Å². The van der Waals surface area contributed by atoms with Gasteiger partial charge >= 0.3 is 12.3 Å². The number of amides is 1. The van der Waals surface area contributed by atoms with E-state index < -0.39 is 36.0 Å². The number of β-amino-alcohol motifs (C(OH)–C–C–N with tert-alkyl or cyclic N) is 1. The van der Waals surface area contributed by atoms with Gasteiger partial charge in [0.1, 0.15) is 0 Å². The number of halogens is 3. The van der Waals surface area contributed by atoms with Crippen LogP contribution in [0.5, 0.6) is 0 Å². The van der Waals surface area contributed by atoms with E-state index in [4.69, 9.17) is 5.11 Å². The second kappa shape index (κ2) is 5.93. The van der Waals surface area contributed by atoms with Gasteiger partial charge in [-0.2, -0.15) is 13.2 Å². The van der Waals surface area contributed by atoms with Gasteiger partial charge in [-0.3, -0.25) is 0 Å². The maximum atomic E-state index is 12.9. The number of carboxylic acid groups (broad SMARTS) is 1. The first-order valence-corrected chi connectivity index (χ1v) is 6.29. The highest BCUT2D eigenvalue weighted by Gasteiger charge is 2.36. The Kier molecular flexibility index (Phi) is 4.88. The highest BCUT2D eigenvalue weighted by Crippen LogP contribution is 2.35. The zero-order chi connectivity index (χ0) is 16.4. The van der Waals surface area contributed by atoms with E-state index in [1.807, 2.05) is 0 Å². The first-order valence-electron chi connectivity index (χ1n) is 6.29. The molecule has 0 fully saturated rings. The van der Waals surface area contributed by atoms with Crippen molar-refractivity contribution in [3.63, 3.8) is 0 Å². The summed E-state index contributed by atoms with van der Waals surface area (Å²) in [6, 6.07) is 4.60. The van der Waals surface area contributed by atoms with Gasteiger partial charge in [0.2, 0.25) is 0 Å². The van der Waals surface area contributed by atoms with Gasteiger partial charge in [0.15, 0.2) is 0 Å². The molecule has 1 aromatic rings. The topological polar surface area (TPSA) is 60.8 Å². The average Bonchev–Trinajstić information content (AvgIpc) is 2.32. The van der Waals surface area contributed by atoms with E-state index >= 15 is 0 Å². The minimum Gasteiger partial charge on any atom is -0.465 e. The first-order chi connectivity index (χ1) is 9.44. The lowest BCUT2D eigenvalue weighted by Gasteiger charge is -2.35. The van der Waals surface area contributed by atoms with Gasteiger partial charge in [-0.25, -0.2) is 4.79 Å². The Morgan fingerprint density at radius 1 is 1.24 bits per heavy atom. The van der Waals surface area contributed by atoms with Crippen molar-refractivity contribution >= 4 is 6.09 Å². The second-order valence-electron chi connectivity index (χ2n) is 5.66. The monoisotopic (exact) mass is 305 g/mol. The summed E-state index contributed by atoms with van der Waals surface area (Å²) in [5, 5.41) is 19.2. The zero-order valence-electron chi connectivity index (χ0n) is 12.0. The number of hydrogen-bond donors (Lipinski definition) is 2. The highest BCUT2D eigenvalue weighted by atomic mass is 19.4. The quantitative estimate of drug-likeness (QED) is 0.898. The zero-order valence-corrected chi connectivity index (χ0v) is 12.0. The van der Waals surface area contributed by atoms with E-state index in [0.29, 0.717) is 0 Å². The van der Waals surface area contributed by atoms with Crippen molar-refractivity contribution in [2.24, 2.45) is 0 Å². The Hall–Kier alpha value is -1.76. The number of aliphatic hydroxyl groups excluding tert-OH is 1. The van der Waals surface area contributed by atoms with Gasteiger partial charge in [-0.1, -0.05) is 18.2 Å². The molecule has 0 saturated carbocycles. The number of hydrogen-bond acceptors (Lipinski definition) is 2. The Balaban J connectivity index is 3.10. The van der Waals surface area contributed by atoms with Crippen LogP contribution in [-0.4, -0.2) is 33.3 Å². The lowest BCUT2D eigenvalue weighted by molar-refractivity contribution is -0.139. The molecule has 4 nitrogen and oxygen atoms in total. The molecule has 0 bridgehead atoms. The third kappa shape index (κ3) is 4.35. The van der Waals surface area contributed by atoms with E-state index in [1.54, 1.807) is 20.8 Å². The third-order valence-electron chi connectivity index (χ3n) is 3.02. The summed E-state index contributed by atoms with van der Waals surface area (Å²) in [6.07, 6.45) is -7.46. The number of alkyl halides is 3. The van der Waals surface area contributed by atoms with Crippen LogP contribution in [0.25, 0.3) is 0 Å². The number of benzene rings is 1. The summed E-state index contributed by atoms with van der Waals surface area (Å²) in [6.45, 7) is 4.36. The van der Waals surface area contributed by atoms with Gasteiger partial charge in [-0.05, 0) is 32.4 Å². The fourth-order valence-corrected chi connectivity index (χ4v) is 1.96. The Bertz CT molecular complexity index is 509. The van der Waals surface area contributed by atoms with Gasteiger partial charge in [0.25, 0.3) is 0 Å². The highest BCUT2D eigenvalue weighted by molar-refractivity contribution is 5.66. The van der Waals surface area contributed by atoms with E-state index in [2.05, 4.69) is 0 Å². The number of nitrogens with zero attached hydrogens (tertiary/aromatic N) is 1. The predicted octanol–water partition coefficient (Wildman–Crippen LogP) is 3.52. The fourth-order valence-electron chi connectivity index (χ4n) is 1.96. The summed E-state index contributed by atoms with van der Waals surface area (Å²) < 4.78 is 38.7. The van der Waals surface area contributed by atoms with E-state index in [0.717, 1.165) is 17.0 Å². The molecule has 1 atom stereocenters. The van der Waals surface area contributed by atoms with Crippen molar-refractivity contribution in [3.05, 3.63) is 35.4 Å². The Morgan fingerprint density at radius 2 is 1.76 bits per heavy atom. The number of aliphatic hydroxyl groups is 1. The smallest absolute Gasteiger partial charge is 0.416 e. The fraction of sp³-hybridized carbons (Fsp3) is 0.500. The lowest BCUT2D eigenvalue weighted by atomic mass is 9.99. The molecule has 0 radical (unpaired) electrons. The normalized spacial score (nSPS) is 13.9. The maximum absolute atomic E-state index is 12.9.